The number of carbonyl (C=O) groups is 1. The molecule has 0 atom stereocenters. The van der Waals surface area contributed by atoms with Crippen LogP contribution in [0.5, 0.6) is 0 Å². The van der Waals surface area contributed by atoms with Crippen LogP contribution < -0.4 is 10.5 Å². The van der Waals surface area contributed by atoms with Crippen LogP contribution in [-0.2, 0) is 4.74 Å². The SMILES string of the molecule is COCCN(C)C(=O)On1nnn(-c2cccc(F)c2)c1=O. The summed E-state index contributed by atoms with van der Waals surface area (Å²) in [7, 11) is 2.97. The van der Waals surface area contributed by atoms with Gasteiger partial charge in [0.05, 0.1) is 12.3 Å². The molecule has 0 unspecified atom stereocenters. The average Bonchev–Trinajstić information content (AvgIpc) is 2.86. The van der Waals surface area contributed by atoms with Crippen LogP contribution in [0.25, 0.3) is 5.69 Å². The molecule has 0 aliphatic heterocycles. The van der Waals surface area contributed by atoms with Crippen LogP contribution in [0.15, 0.2) is 29.1 Å². The molecule has 0 fully saturated rings. The molecule has 10 heteroatoms. The lowest BCUT2D eigenvalue weighted by atomic mass is 10.3. The highest BCUT2D eigenvalue weighted by atomic mass is 19.1. The number of hydrogen-bond acceptors (Lipinski definition) is 6. The zero-order valence-corrected chi connectivity index (χ0v) is 12.0. The van der Waals surface area contributed by atoms with Crippen molar-refractivity contribution in [2.45, 2.75) is 0 Å². The highest BCUT2D eigenvalue weighted by molar-refractivity contribution is 5.67. The first kappa shape index (κ1) is 15.6. The molecule has 22 heavy (non-hydrogen) atoms. The Kier molecular flexibility index (Phi) is 4.84. The van der Waals surface area contributed by atoms with Crippen molar-refractivity contribution < 1.29 is 18.8 Å². The van der Waals surface area contributed by atoms with Gasteiger partial charge < -0.3 is 9.64 Å². The van der Waals surface area contributed by atoms with E-state index < -0.39 is 17.6 Å². The van der Waals surface area contributed by atoms with Gasteiger partial charge in [-0.15, -0.1) is 0 Å². The third kappa shape index (κ3) is 3.47. The van der Waals surface area contributed by atoms with E-state index in [0.29, 0.717) is 11.5 Å². The van der Waals surface area contributed by atoms with E-state index >= 15 is 0 Å². The van der Waals surface area contributed by atoms with E-state index in [9.17, 15) is 14.0 Å². The average molecular weight is 311 g/mol. The van der Waals surface area contributed by atoms with Crippen molar-refractivity contribution in [1.82, 2.24) is 24.9 Å². The molecule has 0 spiro atoms. The molecule has 2 rings (SSSR count). The van der Waals surface area contributed by atoms with Crippen molar-refractivity contribution in [3.63, 3.8) is 0 Å². The van der Waals surface area contributed by atoms with Crippen molar-refractivity contribution in [3.8, 4) is 5.69 Å². The summed E-state index contributed by atoms with van der Waals surface area (Å²) >= 11 is 0. The number of likely N-dealkylation sites (N-methyl/N-ethyl adjacent to an activating group) is 1. The third-order valence-electron chi connectivity index (χ3n) is 2.72. The summed E-state index contributed by atoms with van der Waals surface area (Å²) in [6.07, 6.45) is -0.801. The number of tetrazole rings is 1. The maximum atomic E-state index is 13.2. The molecule has 0 saturated heterocycles. The van der Waals surface area contributed by atoms with Crippen LogP contribution in [-0.4, -0.2) is 58.3 Å². The zero-order chi connectivity index (χ0) is 16.1. The lowest BCUT2D eigenvalue weighted by Gasteiger charge is -2.14. The fraction of sp³-hybridized carbons (Fsp3) is 0.333. The molecule has 0 radical (unpaired) electrons. The molecule has 1 heterocycles. The van der Waals surface area contributed by atoms with Crippen LogP contribution in [0.3, 0.4) is 0 Å². The first-order valence-corrected chi connectivity index (χ1v) is 6.26. The number of carbonyl (C=O) groups excluding carboxylic acids is 1. The number of benzene rings is 1. The van der Waals surface area contributed by atoms with E-state index in [1.165, 1.54) is 37.3 Å². The molecule has 0 aliphatic rings. The maximum absolute atomic E-state index is 13.2. The summed E-state index contributed by atoms with van der Waals surface area (Å²) in [4.78, 5) is 30.1. The quantitative estimate of drug-likeness (QED) is 0.704. The summed E-state index contributed by atoms with van der Waals surface area (Å²) < 4.78 is 18.8. The van der Waals surface area contributed by atoms with E-state index in [0.717, 1.165) is 10.7 Å². The number of halogens is 1. The highest BCUT2D eigenvalue weighted by Crippen LogP contribution is 2.05. The largest absolute Gasteiger partial charge is 0.435 e. The summed E-state index contributed by atoms with van der Waals surface area (Å²) in [6, 6.07) is 5.22. The summed E-state index contributed by atoms with van der Waals surface area (Å²) in [5.41, 5.74) is -0.667. The van der Waals surface area contributed by atoms with E-state index in [-0.39, 0.29) is 12.2 Å². The minimum atomic E-state index is -0.834. The van der Waals surface area contributed by atoms with Gasteiger partial charge in [0.15, 0.2) is 0 Å². The van der Waals surface area contributed by atoms with Crippen LogP contribution >= 0.6 is 0 Å². The van der Waals surface area contributed by atoms with Gasteiger partial charge in [-0.05, 0) is 33.5 Å². The van der Waals surface area contributed by atoms with E-state index in [2.05, 4.69) is 10.4 Å². The first-order chi connectivity index (χ1) is 10.5. The molecule has 0 N–H and O–H groups in total. The number of rotatable bonds is 5. The number of ether oxygens (including phenoxy) is 1. The second kappa shape index (κ2) is 6.80. The fourth-order valence-electron chi connectivity index (χ4n) is 1.52. The minimum Gasteiger partial charge on any atom is -0.383 e. The van der Waals surface area contributed by atoms with Gasteiger partial charge in [0.25, 0.3) is 0 Å². The molecule has 0 saturated carbocycles. The van der Waals surface area contributed by atoms with Gasteiger partial charge in [0, 0.05) is 20.7 Å². The lowest BCUT2D eigenvalue weighted by molar-refractivity contribution is 0.0707. The Bertz CT molecular complexity index is 714. The second-order valence-corrected chi connectivity index (χ2v) is 4.30. The molecular weight excluding hydrogens is 297 g/mol. The maximum Gasteiger partial charge on any atom is 0.435 e. The normalized spacial score (nSPS) is 10.5. The minimum absolute atomic E-state index is 0.167. The van der Waals surface area contributed by atoms with Gasteiger partial charge in [-0.2, -0.15) is 4.68 Å². The van der Waals surface area contributed by atoms with Crippen LogP contribution in [0.2, 0.25) is 0 Å². The molecule has 0 bridgehead atoms. The molecular formula is C12H14FN5O4. The van der Waals surface area contributed by atoms with E-state index in [1.807, 2.05) is 0 Å². The summed E-state index contributed by atoms with van der Waals surface area (Å²) in [6.45, 7) is 0.596. The highest BCUT2D eigenvalue weighted by Gasteiger charge is 2.16. The Morgan fingerprint density at radius 3 is 2.86 bits per heavy atom. The predicted octanol–water partition coefficient (Wildman–Crippen LogP) is -0.305. The number of methoxy groups -OCH3 is 1. The van der Waals surface area contributed by atoms with Crippen molar-refractivity contribution >= 4 is 6.09 Å². The lowest BCUT2D eigenvalue weighted by Crippen LogP contribution is -2.40. The fourth-order valence-corrected chi connectivity index (χ4v) is 1.52. The van der Waals surface area contributed by atoms with E-state index in [1.54, 1.807) is 0 Å². The third-order valence-corrected chi connectivity index (χ3v) is 2.72. The van der Waals surface area contributed by atoms with Crippen molar-refractivity contribution in [2.24, 2.45) is 0 Å². The van der Waals surface area contributed by atoms with Gasteiger partial charge in [0.1, 0.15) is 5.82 Å². The van der Waals surface area contributed by atoms with Gasteiger partial charge in [0.2, 0.25) is 0 Å². The zero-order valence-electron chi connectivity index (χ0n) is 12.0. The molecule has 9 nitrogen and oxygen atoms in total. The number of hydrogen-bond donors (Lipinski definition) is 0. The Hall–Kier alpha value is -2.75. The Labute approximate surface area is 124 Å². The van der Waals surface area contributed by atoms with Crippen molar-refractivity contribution in [2.75, 3.05) is 27.3 Å². The van der Waals surface area contributed by atoms with Crippen molar-refractivity contribution in [3.05, 3.63) is 40.6 Å². The van der Waals surface area contributed by atoms with Crippen molar-refractivity contribution in [1.29, 1.82) is 0 Å². The number of nitrogens with zero attached hydrogens (tertiary/aromatic N) is 5. The van der Waals surface area contributed by atoms with Crippen LogP contribution in [0.4, 0.5) is 9.18 Å². The van der Waals surface area contributed by atoms with Crippen LogP contribution in [0, 0.1) is 5.82 Å². The van der Waals surface area contributed by atoms with Gasteiger partial charge in [-0.25, -0.2) is 14.0 Å². The molecule has 118 valence electrons. The Morgan fingerprint density at radius 1 is 1.41 bits per heavy atom. The van der Waals surface area contributed by atoms with Gasteiger partial charge in [-0.3, -0.25) is 4.84 Å². The summed E-state index contributed by atoms with van der Waals surface area (Å²) in [5, 5.41) is 6.95. The Balaban J connectivity index is 2.15. The monoisotopic (exact) mass is 311 g/mol. The number of amides is 1. The van der Waals surface area contributed by atoms with Crippen LogP contribution in [0.1, 0.15) is 0 Å². The topological polar surface area (TPSA) is 91.5 Å². The van der Waals surface area contributed by atoms with Gasteiger partial charge >= 0.3 is 11.8 Å². The Morgan fingerprint density at radius 2 is 2.18 bits per heavy atom. The summed E-state index contributed by atoms with van der Waals surface area (Å²) in [5.74, 6) is -0.532. The molecule has 1 amide bonds. The molecule has 2 aromatic rings. The standard InChI is InChI=1S/C12H14FN5O4/c1-16(6-7-21-2)12(20)22-18-11(19)17(14-15-18)10-5-3-4-9(13)8-10/h3-5,8H,6-7H2,1-2H3. The first-order valence-electron chi connectivity index (χ1n) is 6.26. The molecule has 1 aromatic carbocycles. The second-order valence-electron chi connectivity index (χ2n) is 4.30. The smallest absolute Gasteiger partial charge is 0.383 e. The molecule has 0 aliphatic carbocycles. The predicted molar refractivity (Wildman–Crippen MR) is 72.1 cm³/mol. The molecule has 1 aromatic heterocycles. The van der Waals surface area contributed by atoms with Gasteiger partial charge in [-0.1, -0.05) is 6.07 Å². The van der Waals surface area contributed by atoms with E-state index in [4.69, 9.17) is 9.57 Å². The number of aromatic nitrogens is 4.